The molecular formula is C13H23FN5O15P3. The number of nitrogens with zero attached hydrogens (tertiary/aromatic N) is 4. The van der Waals surface area contributed by atoms with Crippen LogP contribution in [-0.4, -0.2) is 93.3 Å². The molecule has 0 bridgehead atoms. The Morgan fingerprint density at radius 3 is 1.81 bits per heavy atom. The third-order valence-electron chi connectivity index (χ3n) is 4.03. The largest absolute Gasteiger partial charge is 0.466 e. The number of nitrogen functional groups attached to an aromatic ring is 1. The first-order valence-corrected chi connectivity index (χ1v) is 13.6. The van der Waals surface area contributed by atoms with E-state index in [1.807, 2.05) is 6.07 Å². The topological polar surface area (TPSA) is 363 Å². The van der Waals surface area contributed by atoms with Gasteiger partial charge in [0, 0.05) is 0 Å². The molecule has 0 unspecified atom stereocenters. The SMILES string of the molecule is C[C@@]1(CF)O[C@@](C#N)(c2ccc3c(N)ncnn23)[C@H](O)[C@@H]1O.O=P(O)(O)O.O=P(O)(O)O.O=P(O)(O)O. The van der Waals surface area contributed by atoms with Crippen LogP contribution in [0.4, 0.5) is 10.2 Å². The second-order valence-corrected chi connectivity index (χ2v) is 10.1. The number of anilines is 1. The van der Waals surface area contributed by atoms with E-state index in [1.165, 1.54) is 23.8 Å². The standard InChI is InChI=1S/C13H14FN5O3.3H3O4P/c1-12(4-14)9(20)10(21)13(5-15,22-12)8-3-2-7-11(16)17-6-18-19(7)8;3*1-5(2,3)4/h2-3,6,9-10,20-21H,4H2,1H3,(H2,16,17,18);3*(H3,1,2,3,4)/t9-,10+,12-,13-;;;/m0.../s1. The van der Waals surface area contributed by atoms with E-state index in [9.17, 15) is 19.9 Å². The summed E-state index contributed by atoms with van der Waals surface area (Å²) in [5.74, 6) is 0.177. The number of aromatic nitrogens is 3. The van der Waals surface area contributed by atoms with Gasteiger partial charge in [0.05, 0.1) is 5.69 Å². The lowest BCUT2D eigenvalue weighted by Gasteiger charge is -2.26. The molecule has 13 N–H and O–H groups in total. The maximum atomic E-state index is 13.2. The van der Waals surface area contributed by atoms with Crippen molar-refractivity contribution in [3.8, 4) is 6.07 Å². The predicted molar refractivity (Wildman–Crippen MR) is 115 cm³/mol. The molecule has 0 spiro atoms. The third kappa shape index (κ3) is 11.5. The van der Waals surface area contributed by atoms with Crippen molar-refractivity contribution in [1.29, 1.82) is 5.26 Å². The summed E-state index contributed by atoms with van der Waals surface area (Å²) in [5, 5.41) is 34.0. The molecule has 4 atom stereocenters. The Balaban J connectivity index is 0.000000711. The fourth-order valence-corrected chi connectivity index (χ4v) is 2.74. The molecule has 2 aromatic rings. The van der Waals surface area contributed by atoms with E-state index in [-0.39, 0.29) is 11.5 Å². The van der Waals surface area contributed by atoms with Crippen LogP contribution in [0.15, 0.2) is 18.5 Å². The van der Waals surface area contributed by atoms with Crippen molar-refractivity contribution in [3.05, 3.63) is 24.2 Å². The third-order valence-corrected chi connectivity index (χ3v) is 4.03. The van der Waals surface area contributed by atoms with Crippen LogP contribution in [0, 0.1) is 11.3 Å². The van der Waals surface area contributed by atoms with Crippen LogP contribution < -0.4 is 5.73 Å². The second-order valence-electron chi connectivity index (χ2n) is 6.99. The molecule has 0 amide bonds. The zero-order chi connectivity index (χ0) is 29.6. The number of alkyl halides is 1. The average Bonchev–Trinajstić information content (AvgIpc) is 3.20. The lowest BCUT2D eigenvalue weighted by molar-refractivity contribution is -0.111. The Hall–Kier alpha value is -1.95. The number of fused-ring (bicyclic) bond motifs is 1. The minimum atomic E-state index is -4.64. The number of halogens is 1. The summed E-state index contributed by atoms with van der Waals surface area (Å²) < 4.78 is 46.7. The molecule has 0 aliphatic carbocycles. The van der Waals surface area contributed by atoms with E-state index < -0.39 is 53.6 Å². The summed E-state index contributed by atoms with van der Waals surface area (Å²) in [5.41, 5.74) is 2.62. The highest BCUT2D eigenvalue weighted by Crippen LogP contribution is 2.45. The molecule has 1 aliphatic rings. The first-order chi connectivity index (χ1) is 16.4. The van der Waals surface area contributed by atoms with Gasteiger partial charge in [-0.05, 0) is 19.1 Å². The number of rotatable bonds is 2. The molecule has 37 heavy (non-hydrogen) atoms. The normalized spacial score (nSPS) is 25.5. The molecule has 0 aromatic carbocycles. The van der Waals surface area contributed by atoms with Gasteiger partial charge in [0.1, 0.15) is 42.4 Å². The van der Waals surface area contributed by atoms with Gasteiger partial charge < -0.3 is 64.7 Å². The van der Waals surface area contributed by atoms with Crippen molar-refractivity contribution in [1.82, 2.24) is 14.6 Å². The van der Waals surface area contributed by atoms with Crippen LogP contribution >= 0.6 is 23.5 Å². The predicted octanol–water partition coefficient (Wildman–Crippen LogP) is -3.28. The fraction of sp³-hybridized carbons (Fsp3) is 0.462. The number of nitrogens with two attached hydrogens (primary N) is 1. The fourth-order valence-electron chi connectivity index (χ4n) is 2.74. The number of hydrogen-bond acceptors (Lipinski definition) is 10. The van der Waals surface area contributed by atoms with Gasteiger partial charge in [-0.2, -0.15) is 10.4 Å². The van der Waals surface area contributed by atoms with E-state index in [1.54, 1.807) is 6.07 Å². The molecule has 0 saturated carbocycles. The van der Waals surface area contributed by atoms with E-state index in [4.69, 9.17) is 68.2 Å². The number of phosphoric acid groups is 3. The minimum absolute atomic E-state index is 0.142. The Bertz CT molecular complexity index is 1170. The molecule has 24 heteroatoms. The van der Waals surface area contributed by atoms with Gasteiger partial charge in [-0.15, -0.1) is 0 Å². The van der Waals surface area contributed by atoms with Crippen molar-refractivity contribution in [2.45, 2.75) is 30.3 Å². The van der Waals surface area contributed by atoms with Gasteiger partial charge in [-0.3, -0.25) is 0 Å². The van der Waals surface area contributed by atoms with Crippen molar-refractivity contribution < 1.29 is 77.1 Å². The van der Waals surface area contributed by atoms with E-state index in [2.05, 4.69) is 10.1 Å². The molecule has 1 fully saturated rings. The number of hydrogen-bond donors (Lipinski definition) is 12. The van der Waals surface area contributed by atoms with Crippen LogP contribution in [0.3, 0.4) is 0 Å². The lowest BCUT2D eigenvalue weighted by Crippen LogP contribution is -2.43. The van der Waals surface area contributed by atoms with Crippen LogP contribution in [0.5, 0.6) is 0 Å². The highest BCUT2D eigenvalue weighted by molar-refractivity contribution is 7.45. The van der Waals surface area contributed by atoms with Crippen LogP contribution in [0.1, 0.15) is 12.6 Å². The molecule has 3 heterocycles. The zero-order valence-electron chi connectivity index (χ0n) is 18.2. The Labute approximate surface area is 205 Å². The summed E-state index contributed by atoms with van der Waals surface area (Å²) in [6.45, 7) is 0.230. The lowest BCUT2D eigenvalue weighted by atomic mass is 9.90. The van der Waals surface area contributed by atoms with E-state index >= 15 is 0 Å². The summed E-state index contributed by atoms with van der Waals surface area (Å²) >= 11 is 0. The second kappa shape index (κ2) is 12.7. The summed E-state index contributed by atoms with van der Waals surface area (Å²) in [6.07, 6.45) is -2.03. The molecule has 212 valence electrons. The smallest absolute Gasteiger partial charge is 0.387 e. The molecule has 0 radical (unpaired) electrons. The highest BCUT2D eigenvalue weighted by atomic mass is 31.2. The minimum Gasteiger partial charge on any atom is -0.387 e. The molecule has 1 aliphatic heterocycles. The van der Waals surface area contributed by atoms with Crippen molar-refractivity contribution >= 4 is 34.8 Å². The number of nitriles is 1. The molecule has 20 nitrogen and oxygen atoms in total. The number of aliphatic hydroxyl groups is 2. The highest BCUT2D eigenvalue weighted by Gasteiger charge is 2.62. The van der Waals surface area contributed by atoms with Crippen LogP contribution in [0.2, 0.25) is 0 Å². The van der Waals surface area contributed by atoms with Crippen LogP contribution in [0.25, 0.3) is 5.52 Å². The van der Waals surface area contributed by atoms with Crippen molar-refractivity contribution in [2.75, 3.05) is 12.4 Å². The first kappa shape index (κ1) is 35.0. The van der Waals surface area contributed by atoms with E-state index in [0.717, 1.165) is 0 Å². The number of ether oxygens (including phenoxy) is 1. The maximum absolute atomic E-state index is 13.2. The van der Waals surface area contributed by atoms with Gasteiger partial charge in [-0.1, -0.05) is 0 Å². The molecule has 2 aromatic heterocycles. The Kier molecular flexibility index (Phi) is 12.1. The maximum Gasteiger partial charge on any atom is 0.466 e. The van der Waals surface area contributed by atoms with Crippen molar-refractivity contribution in [2.24, 2.45) is 0 Å². The Morgan fingerprint density at radius 2 is 1.46 bits per heavy atom. The van der Waals surface area contributed by atoms with Gasteiger partial charge in [0.15, 0.2) is 5.82 Å². The molecule has 1 saturated heterocycles. The summed E-state index contributed by atoms with van der Waals surface area (Å²) in [6, 6.07) is 4.87. The van der Waals surface area contributed by atoms with E-state index in [0.29, 0.717) is 5.52 Å². The van der Waals surface area contributed by atoms with Gasteiger partial charge in [-0.25, -0.2) is 27.6 Å². The first-order valence-electron chi connectivity index (χ1n) is 8.86. The van der Waals surface area contributed by atoms with Crippen LogP contribution in [-0.2, 0) is 24.0 Å². The summed E-state index contributed by atoms with van der Waals surface area (Å²) in [4.78, 5) is 68.5. The molecular weight excluding hydrogens is 578 g/mol. The Morgan fingerprint density at radius 1 is 1.03 bits per heavy atom. The monoisotopic (exact) mass is 601 g/mol. The van der Waals surface area contributed by atoms with Gasteiger partial charge in [0.25, 0.3) is 0 Å². The van der Waals surface area contributed by atoms with Gasteiger partial charge >= 0.3 is 23.5 Å². The summed E-state index contributed by atoms with van der Waals surface area (Å²) in [7, 11) is -13.9. The quantitative estimate of drug-likeness (QED) is 0.150. The zero-order valence-corrected chi connectivity index (χ0v) is 20.9. The van der Waals surface area contributed by atoms with Crippen molar-refractivity contribution in [3.63, 3.8) is 0 Å². The van der Waals surface area contributed by atoms with Gasteiger partial charge in [0.2, 0.25) is 5.60 Å². The number of aliphatic hydroxyl groups excluding tert-OH is 2. The molecule has 3 rings (SSSR count). The average molecular weight is 601 g/mol.